The van der Waals surface area contributed by atoms with Gasteiger partial charge in [0.1, 0.15) is 0 Å². The van der Waals surface area contributed by atoms with Gasteiger partial charge in [0, 0.05) is 4.87 Å². The summed E-state index contributed by atoms with van der Waals surface area (Å²) < 4.78 is 0. The topological polar surface area (TPSA) is 0 Å². The summed E-state index contributed by atoms with van der Waals surface area (Å²) in [4.78, 5) is 0.0712. The summed E-state index contributed by atoms with van der Waals surface area (Å²) in [5, 5.41) is 0. The summed E-state index contributed by atoms with van der Waals surface area (Å²) in [7, 11) is 0. The maximum atomic E-state index is 5.84. The van der Waals surface area contributed by atoms with Crippen LogP contribution >= 0.6 is 11.6 Å². The van der Waals surface area contributed by atoms with Crippen LogP contribution in [0.4, 0.5) is 0 Å². The molecule has 0 aromatic heterocycles. The van der Waals surface area contributed by atoms with Gasteiger partial charge >= 0.3 is 0 Å². The molecule has 7 heavy (non-hydrogen) atoms. The van der Waals surface area contributed by atoms with Crippen molar-refractivity contribution in [2.24, 2.45) is 5.92 Å². The Labute approximate surface area is 49.2 Å². The molecule has 0 aromatic rings. The van der Waals surface area contributed by atoms with Gasteiger partial charge in [-0.25, -0.2) is 0 Å². The predicted molar refractivity (Wildman–Crippen MR) is 32.6 cm³/mol. The lowest BCUT2D eigenvalue weighted by molar-refractivity contribution is 0.944. The second-order valence-electron chi connectivity index (χ2n) is 2.32. The van der Waals surface area contributed by atoms with E-state index >= 15 is 0 Å². The van der Waals surface area contributed by atoms with Crippen LogP contribution < -0.4 is 0 Å². The maximum Gasteiger partial charge on any atom is 0.0487 e. The van der Waals surface area contributed by atoms with E-state index in [1.165, 1.54) is 0 Å². The zero-order valence-electron chi connectivity index (χ0n) is 4.45. The minimum absolute atomic E-state index is 0.0712. The zero-order valence-corrected chi connectivity index (χ0v) is 5.20. The standard InChI is InChI=1S/C6H9Cl/c1-3-5-4-6(5,2)7/h3,5H,1,4H2,2H3. The molecule has 2 atom stereocenters. The van der Waals surface area contributed by atoms with E-state index in [1.54, 1.807) is 0 Å². The molecule has 0 heterocycles. The lowest BCUT2D eigenvalue weighted by atomic mass is 10.3. The largest absolute Gasteiger partial charge is 0.119 e. The minimum Gasteiger partial charge on any atom is -0.119 e. The number of hydrogen-bond acceptors (Lipinski definition) is 0. The average molecular weight is 117 g/mol. The molecule has 1 saturated carbocycles. The second kappa shape index (κ2) is 1.25. The molecule has 2 unspecified atom stereocenters. The van der Waals surface area contributed by atoms with Gasteiger partial charge in [0.15, 0.2) is 0 Å². The number of rotatable bonds is 1. The van der Waals surface area contributed by atoms with Crippen molar-refractivity contribution in [3.8, 4) is 0 Å². The van der Waals surface area contributed by atoms with Gasteiger partial charge in [0.2, 0.25) is 0 Å². The van der Waals surface area contributed by atoms with Crippen LogP contribution in [0, 0.1) is 5.92 Å². The normalized spacial score (nSPS) is 48.6. The summed E-state index contributed by atoms with van der Waals surface area (Å²) in [6.07, 6.45) is 3.03. The fourth-order valence-electron chi connectivity index (χ4n) is 0.700. The molecule has 0 amide bonds. The lowest BCUT2D eigenvalue weighted by Crippen LogP contribution is -1.89. The van der Waals surface area contributed by atoms with Crippen LogP contribution in [0.1, 0.15) is 13.3 Å². The van der Waals surface area contributed by atoms with Gasteiger partial charge in [-0.2, -0.15) is 0 Å². The molecule has 0 spiro atoms. The first kappa shape index (κ1) is 5.17. The van der Waals surface area contributed by atoms with Crippen LogP contribution in [-0.4, -0.2) is 4.87 Å². The maximum absolute atomic E-state index is 5.84. The molecule has 0 bridgehead atoms. The summed E-state index contributed by atoms with van der Waals surface area (Å²) in [6.45, 7) is 5.68. The smallest absolute Gasteiger partial charge is 0.0487 e. The van der Waals surface area contributed by atoms with Gasteiger partial charge in [-0.05, 0) is 19.3 Å². The van der Waals surface area contributed by atoms with Gasteiger partial charge < -0.3 is 0 Å². The molecule has 0 nitrogen and oxygen atoms in total. The quantitative estimate of drug-likeness (QED) is 0.364. The number of alkyl halides is 1. The van der Waals surface area contributed by atoms with Crippen LogP contribution in [-0.2, 0) is 0 Å². The third kappa shape index (κ3) is 0.805. The van der Waals surface area contributed by atoms with Gasteiger partial charge in [-0.1, -0.05) is 6.08 Å². The first-order chi connectivity index (χ1) is 3.17. The molecule has 1 heteroatoms. The van der Waals surface area contributed by atoms with Gasteiger partial charge in [-0.15, -0.1) is 18.2 Å². The highest BCUT2D eigenvalue weighted by molar-refractivity contribution is 6.26. The van der Waals surface area contributed by atoms with Crippen molar-refractivity contribution in [3.63, 3.8) is 0 Å². The highest BCUT2D eigenvalue weighted by Crippen LogP contribution is 2.49. The average Bonchev–Trinajstić information content (AvgIpc) is 2.13. The van der Waals surface area contributed by atoms with Crippen LogP contribution in [0.5, 0.6) is 0 Å². The Morgan fingerprint density at radius 3 is 2.43 bits per heavy atom. The Bertz CT molecular complexity index is 94.4. The SMILES string of the molecule is C=CC1CC1(C)Cl. The van der Waals surface area contributed by atoms with Gasteiger partial charge in [-0.3, -0.25) is 0 Å². The molecule has 0 aromatic carbocycles. The third-order valence-electron chi connectivity index (χ3n) is 1.52. The third-order valence-corrected chi connectivity index (χ3v) is 1.95. The number of halogens is 1. The lowest BCUT2D eigenvalue weighted by Gasteiger charge is -1.89. The summed E-state index contributed by atoms with van der Waals surface area (Å²) in [6, 6.07) is 0. The molecule has 0 saturated heterocycles. The molecule has 1 aliphatic rings. The van der Waals surface area contributed by atoms with Crippen molar-refractivity contribution in [1.82, 2.24) is 0 Å². The van der Waals surface area contributed by atoms with Crippen LogP contribution in [0.2, 0.25) is 0 Å². The molecule has 0 aliphatic heterocycles. The molecule has 40 valence electrons. The van der Waals surface area contributed by atoms with E-state index in [0.717, 1.165) is 6.42 Å². The molecular formula is C6H9Cl. The van der Waals surface area contributed by atoms with Crippen molar-refractivity contribution in [2.75, 3.05) is 0 Å². The van der Waals surface area contributed by atoms with Crippen LogP contribution in [0.3, 0.4) is 0 Å². The highest BCUT2D eigenvalue weighted by atomic mass is 35.5. The monoisotopic (exact) mass is 116 g/mol. The van der Waals surface area contributed by atoms with Gasteiger partial charge in [0.25, 0.3) is 0 Å². The number of hydrogen-bond donors (Lipinski definition) is 0. The fraction of sp³-hybridized carbons (Fsp3) is 0.667. The summed E-state index contributed by atoms with van der Waals surface area (Å²) >= 11 is 5.84. The predicted octanol–water partition coefficient (Wildman–Crippen LogP) is 2.19. The molecular weight excluding hydrogens is 108 g/mol. The van der Waals surface area contributed by atoms with Crippen molar-refractivity contribution < 1.29 is 0 Å². The Hall–Kier alpha value is 0.0300. The molecule has 0 radical (unpaired) electrons. The van der Waals surface area contributed by atoms with Crippen molar-refractivity contribution in [3.05, 3.63) is 12.7 Å². The Morgan fingerprint density at radius 2 is 2.43 bits per heavy atom. The van der Waals surface area contributed by atoms with E-state index in [-0.39, 0.29) is 4.87 Å². The Kier molecular flexibility index (Phi) is 0.927. The molecule has 1 rings (SSSR count). The van der Waals surface area contributed by atoms with E-state index in [2.05, 4.69) is 6.58 Å². The molecule has 1 fully saturated rings. The second-order valence-corrected chi connectivity index (χ2v) is 3.19. The summed E-state index contributed by atoms with van der Waals surface area (Å²) in [5.74, 6) is 0.578. The molecule has 0 N–H and O–H groups in total. The fourth-order valence-corrected chi connectivity index (χ4v) is 0.955. The van der Waals surface area contributed by atoms with Gasteiger partial charge in [0.05, 0.1) is 0 Å². The first-order valence-corrected chi connectivity index (χ1v) is 2.86. The molecule has 1 aliphatic carbocycles. The van der Waals surface area contributed by atoms with E-state index in [1.807, 2.05) is 13.0 Å². The Morgan fingerprint density at radius 1 is 2.00 bits per heavy atom. The van der Waals surface area contributed by atoms with E-state index in [4.69, 9.17) is 11.6 Å². The van der Waals surface area contributed by atoms with Crippen molar-refractivity contribution >= 4 is 11.6 Å². The Balaban J connectivity index is 2.44. The van der Waals surface area contributed by atoms with E-state index in [9.17, 15) is 0 Å². The van der Waals surface area contributed by atoms with Crippen molar-refractivity contribution in [1.29, 1.82) is 0 Å². The van der Waals surface area contributed by atoms with E-state index < -0.39 is 0 Å². The zero-order chi connectivity index (χ0) is 5.49. The van der Waals surface area contributed by atoms with E-state index in [0.29, 0.717) is 5.92 Å². The van der Waals surface area contributed by atoms with Crippen LogP contribution in [0.25, 0.3) is 0 Å². The van der Waals surface area contributed by atoms with Crippen molar-refractivity contribution in [2.45, 2.75) is 18.2 Å². The minimum atomic E-state index is 0.0712. The summed E-state index contributed by atoms with van der Waals surface area (Å²) in [5.41, 5.74) is 0. The highest BCUT2D eigenvalue weighted by Gasteiger charge is 2.45. The van der Waals surface area contributed by atoms with Crippen LogP contribution in [0.15, 0.2) is 12.7 Å². The number of allylic oxidation sites excluding steroid dienone is 1. The first-order valence-electron chi connectivity index (χ1n) is 2.48.